The summed E-state index contributed by atoms with van der Waals surface area (Å²) >= 11 is 1.42. The number of nitrogens with zero attached hydrogens (tertiary/aromatic N) is 2. The van der Waals surface area contributed by atoms with E-state index in [9.17, 15) is 9.59 Å². The molecule has 2 aliphatic rings. The van der Waals surface area contributed by atoms with Crippen LogP contribution in [0.2, 0.25) is 0 Å². The van der Waals surface area contributed by atoms with Crippen molar-refractivity contribution in [2.24, 2.45) is 10.9 Å². The van der Waals surface area contributed by atoms with Gasteiger partial charge in [-0.3, -0.25) is 9.59 Å². The minimum Gasteiger partial charge on any atom is -0.325 e. The number of nitrogens with one attached hydrogen (secondary N) is 1. The van der Waals surface area contributed by atoms with Gasteiger partial charge in [0, 0.05) is 23.1 Å². The van der Waals surface area contributed by atoms with Crippen LogP contribution in [0.4, 0.5) is 0 Å². The van der Waals surface area contributed by atoms with Gasteiger partial charge in [-0.15, -0.1) is 11.3 Å². The first-order valence-corrected chi connectivity index (χ1v) is 7.91. The molecule has 0 fully saturated rings. The zero-order valence-electron chi connectivity index (χ0n) is 12.3. The van der Waals surface area contributed by atoms with Crippen molar-refractivity contribution in [1.82, 2.24) is 10.3 Å². The molecule has 0 radical (unpaired) electrons. The monoisotopic (exact) mass is 313 g/mol. The van der Waals surface area contributed by atoms with Crippen LogP contribution in [0.3, 0.4) is 0 Å². The Morgan fingerprint density at radius 3 is 2.95 bits per heavy atom. The zero-order chi connectivity index (χ0) is 15.7. The van der Waals surface area contributed by atoms with Gasteiger partial charge in [-0.2, -0.15) is 0 Å². The maximum absolute atomic E-state index is 12.1. The number of allylic oxidation sites excluding steroid dienone is 3. The minimum absolute atomic E-state index is 0.0678. The molecule has 112 valence electrons. The number of carbonyl (C=O) groups is 2. The second kappa shape index (κ2) is 5.81. The fourth-order valence-electron chi connectivity index (χ4n) is 2.50. The van der Waals surface area contributed by atoms with Crippen LogP contribution < -0.4 is 5.32 Å². The summed E-state index contributed by atoms with van der Waals surface area (Å²) in [6, 6.07) is 0. The predicted octanol–water partition coefficient (Wildman–Crippen LogP) is 2.57. The summed E-state index contributed by atoms with van der Waals surface area (Å²) in [5, 5.41) is 5.35. The van der Waals surface area contributed by atoms with E-state index in [0.717, 1.165) is 22.7 Å². The van der Waals surface area contributed by atoms with Crippen LogP contribution in [0.5, 0.6) is 0 Å². The van der Waals surface area contributed by atoms with E-state index >= 15 is 0 Å². The molecule has 0 aromatic carbocycles. The highest BCUT2D eigenvalue weighted by molar-refractivity contribution is 7.09. The lowest BCUT2D eigenvalue weighted by molar-refractivity contribution is -0.116. The van der Waals surface area contributed by atoms with Crippen molar-refractivity contribution in [2.45, 2.75) is 20.3 Å². The Labute approximate surface area is 132 Å². The third-order valence-corrected chi connectivity index (χ3v) is 4.33. The first kappa shape index (κ1) is 14.6. The fourth-order valence-corrected chi connectivity index (χ4v) is 3.08. The summed E-state index contributed by atoms with van der Waals surface area (Å²) in [5.74, 6) is -0.429. The normalized spacial score (nSPS) is 22.0. The first-order chi connectivity index (χ1) is 10.6. The second-order valence-electron chi connectivity index (χ2n) is 5.09. The molecule has 1 aliphatic heterocycles. The van der Waals surface area contributed by atoms with Crippen molar-refractivity contribution in [3.63, 3.8) is 0 Å². The molecule has 5 nitrogen and oxygen atoms in total. The van der Waals surface area contributed by atoms with E-state index in [1.807, 2.05) is 26.0 Å². The molecule has 1 aromatic heterocycles. The molecule has 6 heteroatoms. The van der Waals surface area contributed by atoms with Gasteiger partial charge in [0.1, 0.15) is 5.69 Å². The third kappa shape index (κ3) is 2.82. The van der Waals surface area contributed by atoms with Crippen molar-refractivity contribution in [2.75, 3.05) is 0 Å². The van der Waals surface area contributed by atoms with Gasteiger partial charge in [0.15, 0.2) is 0 Å². The number of aliphatic imine (C=N–C) groups is 1. The van der Waals surface area contributed by atoms with Crippen molar-refractivity contribution in [3.8, 4) is 0 Å². The van der Waals surface area contributed by atoms with Crippen molar-refractivity contribution >= 4 is 28.9 Å². The molecule has 22 heavy (non-hydrogen) atoms. The summed E-state index contributed by atoms with van der Waals surface area (Å²) in [6.07, 6.45) is 7.97. The number of rotatable bonds is 2. The van der Waals surface area contributed by atoms with Crippen molar-refractivity contribution in [3.05, 3.63) is 51.7 Å². The number of fused-ring (bicyclic) bond motifs is 1. The molecule has 0 bridgehead atoms. The van der Waals surface area contributed by atoms with Crippen molar-refractivity contribution < 1.29 is 9.59 Å². The van der Waals surface area contributed by atoms with E-state index < -0.39 is 0 Å². The predicted molar refractivity (Wildman–Crippen MR) is 85.8 cm³/mol. The minimum atomic E-state index is -0.368. The molecule has 1 aliphatic carbocycles. The lowest BCUT2D eigenvalue weighted by Crippen LogP contribution is -2.33. The van der Waals surface area contributed by atoms with Crippen LogP contribution in [0.1, 0.15) is 28.8 Å². The molecule has 1 unspecified atom stereocenters. The van der Waals surface area contributed by atoms with Crippen LogP contribution in [0.25, 0.3) is 0 Å². The van der Waals surface area contributed by atoms with Gasteiger partial charge < -0.3 is 5.32 Å². The third-order valence-electron chi connectivity index (χ3n) is 3.56. The Bertz CT molecular complexity index is 768. The maximum atomic E-state index is 12.1. The van der Waals surface area contributed by atoms with E-state index in [4.69, 9.17) is 0 Å². The van der Waals surface area contributed by atoms with Crippen molar-refractivity contribution in [1.29, 1.82) is 0 Å². The SMILES string of the molecule is CCC1=CC(=O)NC2=CC(=NC(=O)c3csc(C)n3)C=CC12. The Hall–Kier alpha value is -2.34. The Balaban J connectivity index is 1.87. The van der Waals surface area contributed by atoms with Gasteiger partial charge in [-0.05, 0) is 25.5 Å². The second-order valence-corrected chi connectivity index (χ2v) is 6.15. The van der Waals surface area contributed by atoms with Crippen LogP contribution in [-0.2, 0) is 4.79 Å². The molecular formula is C16H15N3O2S. The molecular weight excluding hydrogens is 298 g/mol. The molecule has 1 N–H and O–H groups in total. The van der Waals surface area contributed by atoms with E-state index in [-0.39, 0.29) is 17.7 Å². The van der Waals surface area contributed by atoms with E-state index in [1.54, 1.807) is 17.5 Å². The zero-order valence-corrected chi connectivity index (χ0v) is 13.1. The van der Waals surface area contributed by atoms with Gasteiger partial charge in [0.05, 0.1) is 10.7 Å². The number of thiazole rings is 1. The van der Waals surface area contributed by atoms with Crippen LogP contribution in [-0.4, -0.2) is 22.5 Å². The number of amides is 2. The van der Waals surface area contributed by atoms with E-state index in [2.05, 4.69) is 15.3 Å². The highest BCUT2D eigenvalue weighted by Gasteiger charge is 2.25. The molecule has 3 rings (SSSR count). The quantitative estimate of drug-likeness (QED) is 0.912. The molecule has 1 atom stereocenters. The molecule has 0 saturated carbocycles. The Kier molecular flexibility index (Phi) is 3.85. The number of hydrogen-bond acceptors (Lipinski definition) is 4. The largest absolute Gasteiger partial charge is 0.325 e. The average Bonchev–Trinajstić information content (AvgIpc) is 2.92. The maximum Gasteiger partial charge on any atom is 0.296 e. The number of carbonyl (C=O) groups excluding carboxylic acids is 2. The fraction of sp³-hybridized carbons (Fsp3) is 0.250. The first-order valence-electron chi connectivity index (χ1n) is 7.03. The molecule has 0 saturated heterocycles. The van der Waals surface area contributed by atoms with E-state index in [0.29, 0.717) is 11.4 Å². The van der Waals surface area contributed by atoms with Crippen LogP contribution in [0, 0.1) is 12.8 Å². The molecule has 1 aromatic rings. The molecule has 2 heterocycles. The lowest BCUT2D eigenvalue weighted by atomic mass is 9.86. The number of aromatic nitrogens is 1. The van der Waals surface area contributed by atoms with Crippen LogP contribution in [0.15, 0.2) is 45.9 Å². The molecule has 2 amide bonds. The van der Waals surface area contributed by atoms with Gasteiger partial charge >= 0.3 is 0 Å². The smallest absolute Gasteiger partial charge is 0.296 e. The van der Waals surface area contributed by atoms with Gasteiger partial charge in [-0.1, -0.05) is 18.6 Å². The summed E-state index contributed by atoms with van der Waals surface area (Å²) in [4.78, 5) is 31.9. The number of aryl methyl sites for hydroxylation is 1. The summed E-state index contributed by atoms with van der Waals surface area (Å²) < 4.78 is 0. The average molecular weight is 313 g/mol. The van der Waals surface area contributed by atoms with Gasteiger partial charge in [0.2, 0.25) is 5.91 Å². The highest BCUT2D eigenvalue weighted by atomic mass is 32.1. The van der Waals surface area contributed by atoms with Crippen LogP contribution >= 0.6 is 11.3 Å². The Morgan fingerprint density at radius 1 is 1.45 bits per heavy atom. The number of hydrogen-bond donors (Lipinski definition) is 1. The summed E-state index contributed by atoms with van der Waals surface area (Å²) in [6.45, 7) is 3.87. The lowest BCUT2D eigenvalue weighted by Gasteiger charge is -2.26. The standard InChI is InChI=1S/C16H15N3O2S/c1-3-10-6-15(20)19-13-7-11(4-5-12(10)13)18-16(21)14-8-22-9(2)17-14/h4-8,12H,3H2,1-2H3,(H,19,20). The Morgan fingerprint density at radius 2 is 2.27 bits per heavy atom. The summed E-state index contributed by atoms with van der Waals surface area (Å²) in [5.41, 5.74) is 2.71. The topological polar surface area (TPSA) is 71.4 Å². The van der Waals surface area contributed by atoms with Gasteiger partial charge in [-0.25, -0.2) is 9.98 Å². The van der Waals surface area contributed by atoms with E-state index in [1.165, 1.54) is 11.3 Å². The highest BCUT2D eigenvalue weighted by Crippen LogP contribution is 2.28. The summed E-state index contributed by atoms with van der Waals surface area (Å²) in [7, 11) is 0. The van der Waals surface area contributed by atoms with Gasteiger partial charge in [0.25, 0.3) is 5.91 Å². The molecule has 0 spiro atoms.